The van der Waals surface area contributed by atoms with Crippen molar-refractivity contribution >= 4 is 11.9 Å². The Balaban J connectivity index is 0.000000257. The van der Waals surface area contributed by atoms with E-state index in [1.54, 1.807) is 24.3 Å². The first-order valence-electron chi connectivity index (χ1n) is 13.9. The molecule has 0 unspecified atom stereocenters. The number of carboxylic acid groups (broad SMARTS) is 1. The highest BCUT2D eigenvalue weighted by molar-refractivity contribution is 5.95. The van der Waals surface area contributed by atoms with Crippen LogP contribution in [0, 0.1) is 45.3 Å². The van der Waals surface area contributed by atoms with Crippen LogP contribution in [0.5, 0.6) is 23.0 Å². The molecule has 0 aromatic heterocycles. The van der Waals surface area contributed by atoms with E-state index in [0.29, 0.717) is 23.2 Å². The number of rotatable bonds is 8. The molecule has 0 spiro atoms. The van der Waals surface area contributed by atoms with Gasteiger partial charge in [-0.2, -0.15) is 21.0 Å². The minimum Gasteiger partial charge on any atom is -0.504 e. The Bertz CT molecular complexity index is 1990. The van der Waals surface area contributed by atoms with Crippen molar-refractivity contribution in [2.45, 2.75) is 19.8 Å². The number of aromatic hydroxyl groups is 3. The molecule has 12 nitrogen and oxygen atoms in total. The smallest absolute Gasteiger partial charge is 0.335 e. The molecule has 0 aliphatic heterocycles. The minimum atomic E-state index is -1.08. The van der Waals surface area contributed by atoms with Crippen molar-refractivity contribution < 1.29 is 34.8 Å². The number of phenolic OH excluding ortho intramolecular Hbond substituents is 3. The van der Waals surface area contributed by atoms with E-state index in [-0.39, 0.29) is 56.4 Å². The number of methoxy groups -OCH3 is 1. The number of aromatic carboxylic acids is 1. The molecule has 0 saturated carbocycles. The first-order chi connectivity index (χ1) is 22.6. The number of carboxylic acids is 1. The lowest BCUT2D eigenvalue weighted by molar-refractivity contribution is 0.0696. The number of amides is 1. The molecule has 0 radical (unpaired) electrons. The highest BCUT2D eigenvalue weighted by Gasteiger charge is 2.21. The van der Waals surface area contributed by atoms with E-state index in [4.69, 9.17) is 9.84 Å². The predicted octanol–water partition coefficient (Wildman–Crippen LogP) is 5.55. The van der Waals surface area contributed by atoms with Gasteiger partial charge in [-0.05, 0) is 41.8 Å². The maximum absolute atomic E-state index is 12.0. The van der Waals surface area contributed by atoms with E-state index in [2.05, 4.69) is 5.32 Å². The molecule has 234 valence electrons. The lowest BCUT2D eigenvalue weighted by Gasteiger charge is -2.12. The van der Waals surface area contributed by atoms with Gasteiger partial charge in [-0.1, -0.05) is 37.6 Å². The lowest BCUT2D eigenvalue weighted by Crippen LogP contribution is -2.24. The first-order valence-corrected chi connectivity index (χ1v) is 13.9. The van der Waals surface area contributed by atoms with E-state index in [0.717, 1.165) is 18.9 Å². The van der Waals surface area contributed by atoms with Gasteiger partial charge in [0.25, 0.3) is 5.91 Å². The normalized spacial score (nSPS) is 9.74. The average molecular weight is 630 g/mol. The molecular formula is C35H27N5O7. The summed E-state index contributed by atoms with van der Waals surface area (Å²) in [5.41, 5.74) is 1.87. The molecule has 0 bridgehead atoms. The Kier molecular flexibility index (Phi) is 11.5. The van der Waals surface area contributed by atoms with Crippen molar-refractivity contribution in [1.29, 1.82) is 21.0 Å². The number of nitrogens with zero attached hydrogens (tertiary/aromatic N) is 4. The number of unbranched alkanes of at least 4 members (excludes halogenated alkanes) is 1. The van der Waals surface area contributed by atoms with Crippen molar-refractivity contribution in [2.24, 2.45) is 0 Å². The molecule has 0 heterocycles. The van der Waals surface area contributed by atoms with Crippen molar-refractivity contribution in [3.8, 4) is 69.5 Å². The second-order valence-electron chi connectivity index (χ2n) is 9.78. The van der Waals surface area contributed by atoms with Gasteiger partial charge in [-0.25, -0.2) is 4.79 Å². The maximum atomic E-state index is 12.0. The predicted molar refractivity (Wildman–Crippen MR) is 168 cm³/mol. The summed E-state index contributed by atoms with van der Waals surface area (Å²) in [6, 6.07) is 22.0. The minimum absolute atomic E-state index is 0.0269. The molecule has 0 aliphatic carbocycles. The molecule has 5 N–H and O–H groups in total. The van der Waals surface area contributed by atoms with Crippen molar-refractivity contribution in [2.75, 3.05) is 13.7 Å². The molecule has 0 aliphatic rings. The van der Waals surface area contributed by atoms with Gasteiger partial charge in [0.2, 0.25) is 0 Å². The largest absolute Gasteiger partial charge is 0.504 e. The zero-order valence-electron chi connectivity index (χ0n) is 25.2. The zero-order chi connectivity index (χ0) is 34.7. The Morgan fingerprint density at radius 1 is 0.745 bits per heavy atom. The molecule has 4 aromatic carbocycles. The molecule has 0 fully saturated rings. The SMILES string of the molecule is CCCCNC(=O)c1ccc(-c2c(C#N)cc(O)c(O)c2C#N)cc1.COc1cc(C#N)c(-c2ccc(C(=O)O)cc2)c(C#N)c1O. The van der Waals surface area contributed by atoms with Crippen LogP contribution in [0.2, 0.25) is 0 Å². The fourth-order valence-electron chi connectivity index (χ4n) is 4.50. The summed E-state index contributed by atoms with van der Waals surface area (Å²) < 4.78 is 4.94. The molecule has 4 aromatic rings. The third kappa shape index (κ3) is 7.56. The number of carbonyl (C=O) groups excluding carboxylic acids is 1. The Morgan fingerprint density at radius 2 is 1.23 bits per heavy atom. The molecule has 12 heteroatoms. The molecular weight excluding hydrogens is 602 g/mol. The number of nitrogens with one attached hydrogen (secondary N) is 1. The van der Waals surface area contributed by atoms with Crippen LogP contribution in [0.1, 0.15) is 62.7 Å². The monoisotopic (exact) mass is 629 g/mol. The topological polar surface area (TPSA) is 231 Å². The third-order valence-electron chi connectivity index (χ3n) is 6.90. The van der Waals surface area contributed by atoms with Gasteiger partial charge in [0.15, 0.2) is 23.0 Å². The van der Waals surface area contributed by atoms with Gasteiger partial charge in [-0.3, -0.25) is 4.79 Å². The number of hydrogen-bond donors (Lipinski definition) is 5. The Labute approximate surface area is 269 Å². The average Bonchev–Trinajstić information content (AvgIpc) is 3.09. The highest BCUT2D eigenvalue weighted by atomic mass is 16.5. The molecule has 1 amide bonds. The van der Waals surface area contributed by atoms with Crippen LogP contribution < -0.4 is 10.1 Å². The van der Waals surface area contributed by atoms with E-state index >= 15 is 0 Å². The third-order valence-corrected chi connectivity index (χ3v) is 6.90. The summed E-state index contributed by atoms with van der Waals surface area (Å²) in [5, 5.41) is 78.3. The van der Waals surface area contributed by atoms with E-state index in [1.165, 1.54) is 37.4 Å². The number of hydrogen-bond acceptors (Lipinski definition) is 10. The van der Waals surface area contributed by atoms with Gasteiger partial charge in [-0.15, -0.1) is 0 Å². The molecule has 47 heavy (non-hydrogen) atoms. The standard InChI is InChI=1S/C19H17N3O3.C16H10N2O4/c1-2-3-8-22-19(25)13-6-4-12(5-7-13)17-14(10-20)9-16(23)18(24)15(17)11-21;1-22-13-6-11(7-17)14(12(8-18)15(13)19)9-2-4-10(5-3-9)16(20)21/h4-7,9,23-24H,2-3,8H2,1H3,(H,22,25);2-6,19H,1H3,(H,20,21). The van der Waals surface area contributed by atoms with E-state index in [1.807, 2.05) is 31.2 Å². The van der Waals surface area contributed by atoms with Crippen LogP contribution in [0.3, 0.4) is 0 Å². The van der Waals surface area contributed by atoms with Crippen LogP contribution in [0.25, 0.3) is 22.3 Å². The fourth-order valence-corrected chi connectivity index (χ4v) is 4.50. The Morgan fingerprint density at radius 3 is 1.68 bits per heavy atom. The number of nitriles is 4. The van der Waals surface area contributed by atoms with Gasteiger partial charge >= 0.3 is 5.97 Å². The van der Waals surface area contributed by atoms with E-state index < -0.39 is 17.5 Å². The highest BCUT2D eigenvalue weighted by Crippen LogP contribution is 2.40. The Hall–Kier alpha value is -7.02. The van der Waals surface area contributed by atoms with Crippen molar-refractivity contribution in [1.82, 2.24) is 5.32 Å². The van der Waals surface area contributed by atoms with Crippen molar-refractivity contribution in [3.05, 3.63) is 94.0 Å². The summed E-state index contributed by atoms with van der Waals surface area (Å²) in [7, 11) is 1.32. The van der Waals surface area contributed by atoms with Gasteiger partial charge in [0.1, 0.15) is 23.3 Å². The first kappa shape index (κ1) is 34.5. The number of benzene rings is 4. The van der Waals surface area contributed by atoms with E-state index in [9.17, 15) is 46.0 Å². The second kappa shape index (κ2) is 15.6. The molecule has 0 atom stereocenters. The summed E-state index contributed by atoms with van der Waals surface area (Å²) in [6.07, 6.45) is 1.88. The van der Waals surface area contributed by atoms with Gasteiger partial charge < -0.3 is 30.5 Å². The molecule has 0 saturated heterocycles. The second-order valence-corrected chi connectivity index (χ2v) is 9.78. The fraction of sp³-hybridized carbons (Fsp3) is 0.143. The maximum Gasteiger partial charge on any atom is 0.335 e. The van der Waals surface area contributed by atoms with Crippen LogP contribution in [0.4, 0.5) is 0 Å². The van der Waals surface area contributed by atoms with Gasteiger partial charge in [0, 0.05) is 35.4 Å². The number of ether oxygens (including phenoxy) is 1. The van der Waals surface area contributed by atoms with Crippen LogP contribution in [0.15, 0.2) is 60.7 Å². The quantitative estimate of drug-likeness (QED) is 0.120. The number of carbonyl (C=O) groups is 2. The summed E-state index contributed by atoms with van der Waals surface area (Å²) in [4.78, 5) is 22.9. The lowest BCUT2D eigenvalue weighted by atomic mass is 9.93. The summed E-state index contributed by atoms with van der Waals surface area (Å²) in [6.45, 7) is 2.63. The summed E-state index contributed by atoms with van der Waals surface area (Å²) >= 11 is 0. The zero-order valence-corrected chi connectivity index (χ0v) is 25.2. The van der Waals surface area contributed by atoms with Crippen LogP contribution in [-0.4, -0.2) is 46.0 Å². The summed E-state index contributed by atoms with van der Waals surface area (Å²) in [5.74, 6) is -2.71. The van der Waals surface area contributed by atoms with Crippen molar-refractivity contribution in [3.63, 3.8) is 0 Å². The molecule has 4 rings (SSSR count). The number of phenols is 3. The van der Waals surface area contributed by atoms with Gasteiger partial charge in [0.05, 0.1) is 35.9 Å². The van der Waals surface area contributed by atoms with Crippen LogP contribution in [-0.2, 0) is 0 Å². The van der Waals surface area contributed by atoms with Crippen LogP contribution >= 0.6 is 0 Å².